The van der Waals surface area contributed by atoms with Gasteiger partial charge < -0.3 is 10.1 Å². The summed E-state index contributed by atoms with van der Waals surface area (Å²) in [7, 11) is 0. The molecule has 1 saturated heterocycles. The molecule has 1 N–H and O–H groups in total. The standard InChI is InChI=1S/C23H17FN2O2S/c24-18-6-4-5-17(13-18)15-28-20-11-9-16(10-12-20)14-21-22(27)26-23(29-21)25-19-7-2-1-3-8-19/h1-14H,15H2,(H,25,26,27)/b21-14-. The number of hydrogen-bond acceptors (Lipinski definition) is 4. The molecule has 0 bridgehead atoms. The third-order valence-corrected chi connectivity index (χ3v) is 5.02. The van der Waals surface area contributed by atoms with Crippen molar-refractivity contribution >= 4 is 34.6 Å². The Bertz CT molecular complexity index is 1080. The van der Waals surface area contributed by atoms with Crippen molar-refractivity contribution in [3.8, 4) is 5.75 Å². The Morgan fingerprint density at radius 3 is 2.55 bits per heavy atom. The van der Waals surface area contributed by atoms with Crippen LogP contribution in [0.2, 0.25) is 0 Å². The average molecular weight is 404 g/mol. The highest BCUT2D eigenvalue weighted by molar-refractivity contribution is 8.18. The molecule has 0 spiro atoms. The van der Waals surface area contributed by atoms with E-state index in [1.807, 2.05) is 66.7 Å². The Balaban J connectivity index is 1.40. The smallest absolute Gasteiger partial charge is 0.264 e. The minimum Gasteiger partial charge on any atom is -0.489 e. The number of ether oxygens (including phenoxy) is 1. The zero-order valence-corrected chi connectivity index (χ0v) is 16.2. The molecule has 0 atom stereocenters. The van der Waals surface area contributed by atoms with Crippen molar-refractivity contribution in [2.24, 2.45) is 4.99 Å². The Morgan fingerprint density at radius 1 is 1.00 bits per heavy atom. The maximum atomic E-state index is 13.2. The summed E-state index contributed by atoms with van der Waals surface area (Å²) in [6.07, 6.45) is 1.81. The Labute approximate surface area is 172 Å². The quantitative estimate of drug-likeness (QED) is 0.588. The van der Waals surface area contributed by atoms with Crippen LogP contribution in [0.25, 0.3) is 6.08 Å². The van der Waals surface area contributed by atoms with Crippen LogP contribution in [0.4, 0.5) is 10.1 Å². The molecule has 0 aromatic heterocycles. The maximum Gasteiger partial charge on any atom is 0.264 e. The SMILES string of the molecule is O=C1NC(=Nc2ccccc2)S/C1=C\c1ccc(OCc2cccc(F)c2)cc1. The summed E-state index contributed by atoms with van der Waals surface area (Å²) < 4.78 is 18.9. The van der Waals surface area contributed by atoms with E-state index in [0.717, 1.165) is 16.8 Å². The van der Waals surface area contributed by atoms with Crippen molar-refractivity contribution in [1.29, 1.82) is 0 Å². The Kier molecular flexibility index (Phi) is 5.72. The number of nitrogens with one attached hydrogen (secondary N) is 1. The van der Waals surface area contributed by atoms with Gasteiger partial charge in [-0.1, -0.05) is 42.5 Å². The third kappa shape index (κ3) is 5.12. The number of hydrogen-bond donors (Lipinski definition) is 1. The molecule has 0 aliphatic carbocycles. The lowest BCUT2D eigenvalue weighted by Gasteiger charge is -2.06. The summed E-state index contributed by atoms with van der Waals surface area (Å²) >= 11 is 1.31. The van der Waals surface area contributed by atoms with Crippen molar-refractivity contribution in [3.63, 3.8) is 0 Å². The second kappa shape index (κ2) is 8.75. The summed E-state index contributed by atoms with van der Waals surface area (Å²) in [4.78, 5) is 17.2. The first-order valence-electron chi connectivity index (χ1n) is 8.98. The molecule has 1 heterocycles. The van der Waals surface area contributed by atoms with Gasteiger partial charge in [0, 0.05) is 0 Å². The number of aliphatic imine (C=N–C) groups is 1. The molecule has 0 saturated carbocycles. The predicted molar refractivity (Wildman–Crippen MR) is 114 cm³/mol. The van der Waals surface area contributed by atoms with Gasteiger partial charge in [-0.25, -0.2) is 9.38 Å². The minimum absolute atomic E-state index is 0.170. The lowest BCUT2D eigenvalue weighted by Crippen LogP contribution is -2.19. The lowest BCUT2D eigenvalue weighted by atomic mass is 10.2. The molecule has 3 aromatic carbocycles. The summed E-state index contributed by atoms with van der Waals surface area (Å²) in [5.41, 5.74) is 2.43. The zero-order chi connectivity index (χ0) is 20.1. The summed E-state index contributed by atoms with van der Waals surface area (Å²) in [6.45, 7) is 0.287. The molecule has 144 valence electrons. The molecular formula is C23H17FN2O2S. The van der Waals surface area contributed by atoms with E-state index in [9.17, 15) is 9.18 Å². The first-order valence-corrected chi connectivity index (χ1v) is 9.79. The van der Waals surface area contributed by atoms with Crippen molar-refractivity contribution in [3.05, 3.63) is 101 Å². The molecule has 4 nitrogen and oxygen atoms in total. The Morgan fingerprint density at radius 2 is 1.79 bits per heavy atom. The predicted octanol–water partition coefficient (Wildman–Crippen LogP) is 5.30. The normalized spacial score (nSPS) is 16.2. The van der Waals surface area contributed by atoms with Crippen LogP contribution in [-0.4, -0.2) is 11.1 Å². The van der Waals surface area contributed by atoms with Crippen molar-refractivity contribution < 1.29 is 13.9 Å². The molecular weight excluding hydrogens is 387 g/mol. The number of halogens is 1. The second-order valence-corrected chi connectivity index (χ2v) is 7.34. The van der Waals surface area contributed by atoms with E-state index in [4.69, 9.17) is 4.74 Å². The molecule has 29 heavy (non-hydrogen) atoms. The first-order chi connectivity index (χ1) is 14.2. The number of para-hydroxylation sites is 1. The molecule has 6 heteroatoms. The molecule has 0 unspecified atom stereocenters. The number of amidine groups is 1. The highest BCUT2D eigenvalue weighted by atomic mass is 32.2. The number of rotatable bonds is 5. The molecule has 4 rings (SSSR count). The lowest BCUT2D eigenvalue weighted by molar-refractivity contribution is -0.115. The fourth-order valence-corrected chi connectivity index (χ4v) is 3.55. The van der Waals surface area contributed by atoms with Crippen molar-refractivity contribution in [2.45, 2.75) is 6.61 Å². The molecule has 1 amide bonds. The van der Waals surface area contributed by atoms with Crippen LogP contribution in [0.15, 0.2) is 88.8 Å². The van der Waals surface area contributed by atoms with Crippen LogP contribution in [-0.2, 0) is 11.4 Å². The first kappa shape index (κ1) is 19.0. The fourth-order valence-electron chi connectivity index (χ4n) is 2.71. The molecule has 1 fully saturated rings. The van der Waals surface area contributed by atoms with Crippen LogP contribution < -0.4 is 10.1 Å². The van der Waals surface area contributed by atoms with E-state index in [2.05, 4.69) is 10.3 Å². The number of carbonyl (C=O) groups is 1. The fraction of sp³-hybridized carbons (Fsp3) is 0.0435. The van der Waals surface area contributed by atoms with Gasteiger partial charge in [-0.05, 0) is 65.4 Å². The number of nitrogens with zero attached hydrogens (tertiary/aromatic N) is 1. The van der Waals surface area contributed by atoms with Gasteiger partial charge in [-0.15, -0.1) is 0 Å². The summed E-state index contributed by atoms with van der Waals surface area (Å²) in [5, 5.41) is 3.34. The van der Waals surface area contributed by atoms with Crippen LogP contribution in [0, 0.1) is 5.82 Å². The molecule has 3 aromatic rings. The third-order valence-electron chi connectivity index (χ3n) is 4.11. The van der Waals surface area contributed by atoms with Gasteiger partial charge in [0.1, 0.15) is 18.2 Å². The molecule has 1 aliphatic heterocycles. The number of amides is 1. The van der Waals surface area contributed by atoms with E-state index in [0.29, 0.717) is 15.8 Å². The zero-order valence-electron chi connectivity index (χ0n) is 15.3. The van der Waals surface area contributed by atoms with Gasteiger partial charge in [-0.2, -0.15) is 0 Å². The molecule has 1 aliphatic rings. The molecule has 0 radical (unpaired) electrons. The number of carbonyl (C=O) groups excluding carboxylic acids is 1. The van der Waals surface area contributed by atoms with E-state index < -0.39 is 0 Å². The largest absolute Gasteiger partial charge is 0.489 e. The van der Waals surface area contributed by atoms with Crippen molar-refractivity contribution in [2.75, 3.05) is 0 Å². The van der Waals surface area contributed by atoms with Crippen molar-refractivity contribution in [1.82, 2.24) is 5.32 Å². The summed E-state index contributed by atoms with van der Waals surface area (Å²) in [5.74, 6) is 0.220. The van der Waals surface area contributed by atoms with Crippen LogP contribution in [0.5, 0.6) is 5.75 Å². The highest BCUT2D eigenvalue weighted by Gasteiger charge is 2.23. The van der Waals surface area contributed by atoms with E-state index in [-0.39, 0.29) is 18.3 Å². The van der Waals surface area contributed by atoms with Gasteiger partial charge in [0.2, 0.25) is 0 Å². The van der Waals surface area contributed by atoms with Gasteiger partial charge >= 0.3 is 0 Å². The van der Waals surface area contributed by atoms with Gasteiger partial charge in [0.15, 0.2) is 5.17 Å². The average Bonchev–Trinajstić information content (AvgIpc) is 3.07. The second-order valence-electron chi connectivity index (χ2n) is 6.30. The minimum atomic E-state index is -0.282. The van der Waals surface area contributed by atoms with E-state index >= 15 is 0 Å². The number of benzene rings is 3. The van der Waals surface area contributed by atoms with Gasteiger partial charge in [0.05, 0.1) is 10.6 Å². The van der Waals surface area contributed by atoms with Gasteiger partial charge in [-0.3, -0.25) is 4.79 Å². The Hall–Kier alpha value is -3.38. The maximum absolute atomic E-state index is 13.2. The topological polar surface area (TPSA) is 50.7 Å². The summed E-state index contributed by atoms with van der Waals surface area (Å²) in [6, 6.07) is 23.2. The monoisotopic (exact) mass is 404 g/mol. The highest BCUT2D eigenvalue weighted by Crippen LogP contribution is 2.28. The van der Waals surface area contributed by atoms with Crippen LogP contribution in [0.1, 0.15) is 11.1 Å². The van der Waals surface area contributed by atoms with Crippen LogP contribution in [0.3, 0.4) is 0 Å². The van der Waals surface area contributed by atoms with Crippen LogP contribution >= 0.6 is 11.8 Å². The van der Waals surface area contributed by atoms with E-state index in [1.54, 1.807) is 6.07 Å². The van der Waals surface area contributed by atoms with E-state index in [1.165, 1.54) is 23.9 Å². The van der Waals surface area contributed by atoms with Gasteiger partial charge in [0.25, 0.3) is 5.91 Å². The number of thioether (sulfide) groups is 1.